The zero-order valence-corrected chi connectivity index (χ0v) is 11.7. The average molecular weight is 308 g/mol. The fourth-order valence-corrected chi connectivity index (χ4v) is 2.15. The van der Waals surface area contributed by atoms with E-state index in [-0.39, 0.29) is 16.1 Å². The molecular formula is C15H11ClFNO3. The Morgan fingerprint density at radius 2 is 1.86 bits per heavy atom. The van der Waals surface area contributed by atoms with Gasteiger partial charge in [-0.3, -0.25) is 4.79 Å². The van der Waals surface area contributed by atoms with Gasteiger partial charge in [0.15, 0.2) is 0 Å². The lowest BCUT2D eigenvalue weighted by molar-refractivity contribution is 0.0695. The molecule has 0 atom stereocenters. The van der Waals surface area contributed by atoms with Gasteiger partial charge in [-0.25, -0.2) is 9.18 Å². The van der Waals surface area contributed by atoms with Gasteiger partial charge < -0.3 is 10.4 Å². The van der Waals surface area contributed by atoms with Crippen LogP contribution < -0.4 is 5.32 Å². The number of carbonyl (C=O) groups is 2. The van der Waals surface area contributed by atoms with Crippen molar-refractivity contribution in [2.45, 2.75) is 6.92 Å². The Balaban J connectivity index is 2.37. The lowest BCUT2D eigenvalue weighted by Crippen LogP contribution is -2.16. The fourth-order valence-electron chi connectivity index (χ4n) is 1.90. The molecule has 21 heavy (non-hydrogen) atoms. The molecule has 2 rings (SSSR count). The van der Waals surface area contributed by atoms with E-state index in [0.29, 0.717) is 11.3 Å². The molecule has 0 bridgehead atoms. The summed E-state index contributed by atoms with van der Waals surface area (Å²) >= 11 is 5.82. The van der Waals surface area contributed by atoms with Gasteiger partial charge in [-0.2, -0.15) is 0 Å². The number of carboxylic acids is 1. The number of amides is 1. The number of nitrogens with one attached hydrogen (secondary N) is 1. The highest BCUT2D eigenvalue weighted by Crippen LogP contribution is 2.23. The van der Waals surface area contributed by atoms with Crippen molar-refractivity contribution in [3.8, 4) is 0 Å². The van der Waals surface area contributed by atoms with Crippen molar-refractivity contribution in [1.82, 2.24) is 0 Å². The predicted molar refractivity (Wildman–Crippen MR) is 77.5 cm³/mol. The van der Waals surface area contributed by atoms with Crippen LogP contribution in [0.5, 0.6) is 0 Å². The van der Waals surface area contributed by atoms with E-state index in [1.54, 1.807) is 6.92 Å². The summed E-state index contributed by atoms with van der Waals surface area (Å²) in [4.78, 5) is 23.2. The van der Waals surface area contributed by atoms with Crippen molar-refractivity contribution in [1.29, 1.82) is 0 Å². The van der Waals surface area contributed by atoms with Gasteiger partial charge in [-0.15, -0.1) is 0 Å². The number of benzene rings is 2. The summed E-state index contributed by atoms with van der Waals surface area (Å²) in [6, 6.07) is 8.37. The lowest BCUT2D eigenvalue weighted by Gasteiger charge is -2.11. The highest BCUT2D eigenvalue weighted by molar-refractivity contribution is 6.34. The van der Waals surface area contributed by atoms with E-state index in [1.807, 2.05) is 0 Å². The highest BCUT2D eigenvalue weighted by atomic mass is 35.5. The fraction of sp³-hybridized carbons (Fsp3) is 0.0667. The van der Waals surface area contributed by atoms with E-state index < -0.39 is 17.7 Å². The maximum atomic E-state index is 13.7. The van der Waals surface area contributed by atoms with Gasteiger partial charge in [0.05, 0.1) is 16.1 Å². The minimum atomic E-state index is -1.10. The molecule has 6 heteroatoms. The Kier molecular flexibility index (Phi) is 4.23. The molecule has 2 N–H and O–H groups in total. The van der Waals surface area contributed by atoms with Crippen LogP contribution in [0.3, 0.4) is 0 Å². The van der Waals surface area contributed by atoms with Crippen molar-refractivity contribution in [2.75, 3.05) is 5.32 Å². The highest BCUT2D eigenvalue weighted by Gasteiger charge is 2.18. The third-order valence-corrected chi connectivity index (χ3v) is 3.32. The standard InChI is InChI=1S/C15H11ClFNO3/c1-8-9(15(20)21)4-2-7-12(8)18-14(19)13-10(16)5-3-6-11(13)17/h2-7H,1H3,(H,18,19)(H,20,21). The maximum Gasteiger partial charge on any atom is 0.336 e. The monoisotopic (exact) mass is 307 g/mol. The molecule has 108 valence electrons. The number of aromatic carboxylic acids is 1. The second kappa shape index (κ2) is 5.93. The number of halogens is 2. The zero-order valence-electron chi connectivity index (χ0n) is 11.0. The minimum Gasteiger partial charge on any atom is -0.478 e. The molecule has 0 radical (unpaired) electrons. The number of rotatable bonds is 3. The predicted octanol–water partition coefficient (Wildman–Crippen LogP) is 3.74. The molecular weight excluding hydrogens is 297 g/mol. The van der Waals surface area contributed by atoms with Crippen LogP contribution in [0.4, 0.5) is 10.1 Å². The second-order valence-electron chi connectivity index (χ2n) is 4.33. The van der Waals surface area contributed by atoms with Gasteiger partial charge in [0.2, 0.25) is 0 Å². The molecule has 0 spiro atoms. The first-order chi connectivity index (χ1) is 9.91. The molecule has 0 saturated heterocycles. The lowest BCUT2D eigenvalue weighted by atomic mass is 10.1. The van der Waals surface area contributed by atoms with Gasteiger partial charge in [0, 0.05) is 5.69 Å². The van der Waals surface area contributed by atoms with Gasteiger partial charge >= 0.3 is 5.97 Å². The molecule has 0 heterocycles. The first-order valence-corrected chi connectivity index (χ1v) is 6.38. The quantitative estimate of drug-likeness (QED) is 0.907. The van der Waals surface area contributed by atoms with Gasteiger partial charge in [-0.05, 0) is 36.8 Å². The molecule has 0 aromatic heterocycles. The normalized spacial score (nSPS) is 10.2. The van der Waals surface area contributed by atoms with Crippen LogP contribution in [0.2, 0.25) is 5.02 Å². The number of carboxylic acid groups (broad SMARTS) is 1. The SMILES string of the molecule is Cc1c(NC(=O)c2c(F)cccc2Cl)cccc1C(=O)O. The minimum absolute atomic E-state index is 0.0143. The van der Waals surface area contributed by atoms with Crippen molar-refractivity contribution in [2.24, 2.45) is 0 Å². The summed E-state index contributed by atoms with van der Waals surface area (Å²) in [7, 11) is 0. The third-order valence-electron chi connectivity index (χ3n) is 3.00. The van der Waals surface area contributed by atoms with Gasteiger partial charge in [-0.1, -0.05) is 23.7 Å². The third kappa shape index (κ3) is 3.03. The van der Waals surface area contributed by atoms with Crippen molar-refractivity contribution in [3.63, 3.8) is 0 Å². The van der Waals surface area contributed by atoms with E-state index >= 15 is 0 Å². The molecule has 0 unspecified atom stereocenters. The molecule has 4 nitrogen and oxygen atoms in total. The Bertz CT molecular complexity index is 711. The summed E-state index contributed by atoms with van der Waals surface area (Å²) in [5.74, 6) is -2.58. The molecule has 0 aliphatic carbocycles. The van der Waals surface area contributed by atoms with E-state index in [9.17, 15) is 14.0 Å². The Hall–Kier alpha value is -2.40. The second-order valence-corrected chi connectivity index (χ2v) is 4.74. The Morgan fingerprint density at radius 1 is 1.19 bits per heavy atom. The van der Waals surface area contributed by atoms with Crippen molar-refractivity contribution in [3.05, 3.63) is 63.9 Å². The maximum absolute atomic E-state index is 13.7. The average Bonchev–Trinajstić information content (AvgIpc) is 2.40. The van der Waals surface area contributed by atoms with Crippen LogP contribution in [0.1, 0.15) is 26.3 Å². The number of anilines is 1. The van der Waals surface area contributed by atoms with E-state index in [0.717, 1.165) is 6.07 Å². The van der Waals surface area contributed by atoms with Gasteiger partial charge in [0.25, 0.3) is 5.91 Å². The van der Waals surface area contributed by atoms with Crippen LogP contribution in [-0.4, -0.2) is 17.0 Å². The smallest absolute Gasteiger partial charge is 0.336 e. The topological polar surface area (TPSA) is 66.4 Å². The molecule has 1 amide bonds. The first-order valence-electron chi connectivity index (χ1n) is 6.00. The van der Waals surface area contributed by atoms with Crippen LogP contribution in [-0.2, 0) is 0 Å². The largest absolute Gasteiger partial charge is 0.478 e. The summed E-state index contributed by atoms with van der Waals surface area (Å²) in [6.07, 6.45) is 0. The summed E-state index contributed by atoms with van der Waals surface area (Å²) in [6.45, 7) is 1.56. The summed E-state index contributed by atoms with van der Waals surface area (Å²) < 4.78 is 13.7. The first kappa shape index (κ1) is 15.0. The molecule has 0 aliphatic heterocycles. The van der Waals surface area contributed by atoms with Gasteiger partial charge in [0.1, 0.15) is 5.82 Å². The van der Waals surface area contributed by atoms with Crippen molar-refractivity contribution < 1.29 is 19.1 Å². The molecule has 0 saturated carbocycles. The molecule has 2 aromatic carbocycles. The zero-order chi connectivity index (χ0) is 15.6. The Morgan fingerprint density at radius 3 is 2.48 bits per heavy atom. The number of hydrogen-bond acceptors (Lipinski definition) is 2. The van der Waals surface area contributed by atoms with E-state index in [2.05, 4.69) is 5.32 Å². The van der Waals surface area contributed by atoms with E-state index in [4.69, 9.17) is 16.7 Å². The van der Waals surface area contributed by atoms with Crippen LogP contribution >= 0.6 is 11.6 Å². The number of hydrogen-bond donors (Lipinski definition) is 2. The van der Waals surface area contributed by atoms with E-state index in [1.165, 1.54) is 30.3 Å². The van der Waals surface area contributed by atoms with Crippen LogP contribution in [0, 0.1) is 12.7 Å². The summed E-state index contributed by atoms with van der Waals surface area (Å²) in [5, 5.41) is 11.5. The summed E-state index contributed by atoms with van der Waals surface area (Å²) in [5.41, 5.74) is 0.455. The molecule has 0 fully saturated rings. The Labute approximate surface area is 125 Å². The van der Waals surface area contributed by atoms with Crippen molar-refractivity contribution >= 4 is 29.2 Å². The van der Waals surface area contributed by atoms with Crippen LogP contribution in [0.25, 0.3) is 0 Å². The van der Waals surface area contributed by atoms with Crippen LogP contribution in [0.15, 0.2) is 36.4 Å². The number of carbonyl (C=O) groups excluding carboxylic acids is 1. The molecule has 2 aromatic rings. The molecule has 0 aliphatic rings.